The van der Waals surface area contributed by atoms with E-state index in [0.717, 1.165) is 32.4 Å². The lowest BCUT2D eigenvalue weighted by atomic mass is 9.91. The molecule has 1 saturated heterocycles. The maximum atomic E-state index is 15.4. The van der Waals surface area contributed by atoms with Gasteiger partial charge in [-0.15, -0.1) is 0 Å². The van der Waals surface area contributed by atoms with Crippen LogP contribution in [0.3, 0.4) is 0 Å². The number of nitrogens with two attached hydrogens (primary N) is 8. The third-order valence-corrected chi connectivity index (χ3v) is 15.1. The smallest absolute Gasteiger partial charge is 0.243 e. The number of aliphatic imine (C=N–C) groups is 4. The zero-order valence-electron chi connectivity index (χ0n) is 49.1. The minimum Gasteiger partial charge on any atom is -0.370 e. The Labute approximate surface area is 509 Å². The number of hydrogen-bond acceptors (Lipinski definition) is 11. The number of amides is 6. The van der Waals surface area contributed by atoms with Crippen molar-refractivity contribution in [3.05, 3.63) is 132 Å². The number of H-pyrrole nitrogens is 1. The molecule has 1 aliphatic heterocycles. The van der Waals surface area contributed by atoms with Crippen molar-refractivity contribution in [2.24, 2.45) is 71.8 Å². The van der Waals surface area contributed by atoms with Crippen LogP contribution in [0.2, 0.25) is 0 Å². The van der Waals surface area contributed by atoms with Crippen LogP contribution < -0.4 is 77.8 Å². The van der Waals surface area contributed by atoms with Gasteiger partial charge in [-0.1, -0.05) is 103 Å². The second kappa shape index (κ2) is 32.3. The highest BCUT2D eigenvalue weighted by atomic mass is 16.2. The number of fused-ring (bicyclic) bond motifs is 3. The molecule has 26 heteroatoms. The highest BCUT2D eigenvalue weighted by molar-refractivity contribution is 5.99. The van der Waals surface area contributed by atoms with Gasteiger partial charge in [0, 0.05) is 74.9 Å². The number of nitrogens with one attached hydrogen (secondary N) is 7. The Bertz CT molecular complexity index is 3430. The number of hydrogen-bond donors (Lipinski definition) is 15. The molecular weight excluding hydrogens is 1120 g/mol. The van der Waals surface area contributed by atoms with Crippen molar-refractivity contribution < 1.29 is 33.6 Å². The third kappa shape index (κ3) is 19.9. The van der Waals surface area contributed by atoms with Crippen molar-refractivity contribution in [1.82, 2.24) is 36.9 Å². The number of carbonyl (C=O) groups excluding carboxylic acids is 7. The maximum Gasteiger partial charge on any atom is 0.243 e. The molecule has 1 fully saturated rings. The van der Waals surface area contributed by atoms with E-state index in [-0.39, 0.29) is 121 Å². The molecule has 0 radical (unpaired) electrons. The zero-order valence-corrected chi connectivity index (χ0v) is 49.1. The lowest BCUT2D eigenvalue weighted by Gasteiger charge is -2.28. The molecule has 0 unspecified atom stereocenters. The van der Waals surface area contributed by atoms with E-state index in [1.165, 1.54) is 0 Å². The van der Waals surface area contributed by atoms with Gasteiger partial charge in [0.2, 0.25) is 35.4 Å². The standard InChI is InChI=1S/C62H81N19O7/c63-59(64)71-25-7-15-42-34-52(82)46(18-8-26-72-60(65)66)76-54(84)47(19-9-27-73-61(67)68)77-55(85)48(20-10-28-74-62(69)70)78-56(86)50(32-37-22-24-39-12-2-4-14-41(39)30-37)80-58(88)51(33-43-35-75-45-17-6-5-16-44(43)45)81-57(87)49(79-53(42)83)31-36-21-23-38-11-1-3-13-40(38)29-36/h1-6,11-14,16-17,21-24,29-30,35,42,46-51,75H,7-10,15,18-20,25-28,31-34H2,(H,76,84)(H,77,85)(H,78,86)(H,79,83)(H,80,88)(H,81,87)(H4,63,64,71)(H4,65,66,72)(H4,67,68,73)(H4,69,70,74)/t42-,46-,47+,48-,49+,50+,51-/m0/s1. The summed E-state index contributed by atoms with van der Waals surface area (Å²) in [6.45, 7) is 0.251. The van der Waals surface area contributed by atoms with Gasteiger partial charge in [-0.25, -0.2) is 0 Å². The summed E-state index contributed by atoms with van der Waals surface area (Å²) in [7, 11) is 0. The van der Waals surface area contributed by atoms with E-state index in [2.05, 4.69) is 56.9 Å². The average Bonchev–Trinajstić information content (AvgIpc) is 3.66. The summed E-state index contributed by atoms with van der Waals surface area (Å²) in [5.74, 6) is -7.15. The van der Waals surface area contributed by atoms with Gasteiger partial charge in [-0.2, -0.15) is 0 Å². The molecule has 466 valence electrons. The first-order valence-electron chi connectivity index (χ1n) is 29.4. The number of carbonyl (C=O) groups is 7. The molecule has 7 rings (SSSR count). The maximum absolute atomic E-state index is 15.4. The number of aromatic nitrogens is 1. The Balaban J connectivity index is 1.37. The molecule has 26 nitrogen and oxygen atoms in total. The van der Waals surface area contributed by atoms with Crippen LogP contribution in [0.1, 0.15) is 74.5 Å². The first-order chi connectivity index (χ1) is 42.3. The first kappa shape index (κ1) is 65.3. The molecular formula is C62H81N19O7. The summed E-state index contributed by atoms with van der Waals surface area (Å²) in [5.41, 5.74) is 48.0. The molecule has 23 N–H and O–H groups in total. The van der Waals surface area contributed by atoms with E-state index in [4.69, 9.17) is 45.9 Å². The summed E-state index contributed by atoms with van der Waals surface area (Å²) in [6.07, 6.45) is 1.59. The van der Waals surface area contributed by atoms with Crippen LogP contribution in [-0.4, -0.2) is 132 Å². The monoisotopic (exact) mass is 1200 g/mol. The number of guanidine groups is 4. The quantitative estimate of drug-likeness (QED) is 0.0246. The van der Waals surface area contributed by atoms with Crippen LogP contribution in [0.5, 0.6) is 0 Å². The van der Waals surface area contributed by atoms with Gasteiger partial charge < -0.3 is 82.8 Å². The minimum absolute atomic E-state index is 0.0216. The highest BCUT2D eigenvalue weighted by Crippen LogP contribution is 2.23. The summed E-state index contributed by atoms with van der Waals surface area (Å²) in [4.78, 5) is 125. The van der Waals surface area contributed by atoms with Crippen LogP contribution in [0.25, 0.3) is 32.4 Å². The minimum atomic E-state index is -1.41. The Morgan fingerprint density at radius 3 is 1.22 bits per heavy atom. The van der Waals surface area contributed by atoms with Crippen molar-refractivity contribution in [2.45, 2.75) is 113 Å². The largest absolute Gasteiger partial charge is 0.370 e. The van der Waals surface area contributed by atoms with E-state index in [0.29, 0.717) is 16.7 Å². The van der Waals surface area contributed by atoms with E-state index in [1.54, 1.807) is 6.20 Å². The average molecular weight is 1200 g/mol. The number of aromatic amines is 1. The number of rotatable bonds is 22. The first-order valence-corrected chi connectivity index (χ1v) is 29.4. The fourth-order valence-corrected chi connectivity index (χ4v) is 10.6. The van der Waals surface area contributed by atoms with Crippen molar-refractivity contribution in [3.8, 4) is 0 Å². The fourth-order valence-electron chi connectivity index (χ4n) is 10.6. The van der Waals surface area contributed by atoms with Crippen molar-refractivity contribution in [3.63, 3.8) is 0 Å². The topological polar surface area (TPSA) is 465 Å². The Kier molecular flexibility index (Phi) is 24.0. The molecule has 1 aliphatic rings. The van der Waals surface area contributed by atoms with Crippen molar-refractivity contribution in [1.29, 1.82) is 0 Å². The summed E-state index contributed by atoms with van der Waals surface area (Å²) in [6, 6.07) is 25.7. The van der Waals surface area contributed by atoms with Gasteiger partial charge in [0.25, 0.3) is 0 Å². The van der Waals surface area contributed by atoms with Crippen molar-refractivity contribution >= 4 is 97.5 Å². The molecule has 2 heterocycles. The van der Waals surface area contributed by atoms with Gasteiger partial charge in [0.15, 0.2) is 29.6 Å². The number of nitrogens with zero attached hydrogens (tertiary/aromatic N) is 4. The van der Waals surface area contributed by atoms with Gasteiger partial charge in [-0.05, 0) is 95.7 Å². The second-order valence-corrected chi connectivity index (χ2v) is 21.9. The Hall–Kier alpha value is -10.3. The SMILES string of the molecule is NC(N)=NCCC[C@H]1CC(=O)[C@H](CCCN=C(N)N)NC(=O)[C@@H](CCCN=C(N)N)NC(=O)[C@H](CCCN=C(N)N)NC(=O)[C@@H](Cc2ccc3ccccc3c2)NC(=O)[C@H](Cc2c[nH]c3ccccc23)NC(=O)[C@@H](Cc2ccc3ccccc3c2)NC1=O. The van der Waals surface area contributed by atoms with Crippen molar-refractivity contribution in [2.75, 3.05) is 26.2 Å². The number of para-hydroxylation sites is 1. The van der Waals surface area contributed by atoms with E-state index in [9.17, 15) is 14.4 Å². The number of Topliss-reactive ketones (excluding diaryl/α,β-unsaturated/α-hetero) is 1. The molecule has 0 spiro atoms. The molecule has 6 aromatic rings. The third-order valence-electron chi connectivity index (χ3n) is 15.1. The van der Waals surface area contributed by atoms with Crippen LogP contribution in [0, 0.1) is 5.92 Å². The van der Waals surface area contributed by atoms with Crippen LogP contribution in [0.15, 0.2) is 135 Å². The Morgan fingerprint density at radius 2 is 0.750 bits per heavy atom. The molecule has 5 aromatic carbocycles. The number of benzene rings is 5. The van der Waals surface area contributed by atoms with Crippen LogP contribution in [-0.2, 0) is 52.8 Å². The van der Waals surface area contributed by atoms with Crippen LogP contribution in [0.4, 0.5) is 0 Å². The van der Waals surface area contributed by atoms with Gasteiger partial charge in [0.1, 0.15) is 30.2 Å². The summed E-state index contributed by atoms with van der Waals surface area (Å²) in [5, 5.41) is 21.7. The molecule has 88 heavy (non-hydrogen) atoms. The molecule has 1 aromatic heterocycles. The molecule has 0 bridgehead atoms. The molecule has 6 amide bonds. The van der Waals surface area contributed by atoms with Gasteiger partial charge in [0.05, 0.1) is 6.04 Å². The number of ketones is 1. The normalized spacial score (nSPS) is 20.0. The molecule has 7 atom stereocenters. The Morgan fingerprint density at radius 1 is 0.386 bits per heavy atom. The molecule has 0 aliphatic carbocycles. The lowest BCUT2D eigenvalue weighted by molar-refractivity contribution is -0.135. The highest BCUT2D eigenvalue weighted by Gasteiger charge is 2.36. The fraction of sp³-hybridized carbons (Fsp3) is 0.371. The van der Waals surface area contributed by atoms with Gasteiger partial charge in [-0.3, -0.25) is 53.5 Å². The lowest BCUT2D eigenvalue weighted by Crippen LogP contribution is -2.60. The van der Waals surface area contributed by atoms with Gasteiger partial charge >= 0.3 is 0 Å². The van der Waals surface area contributed by atoms with E-state index < -0.39 is 89.8 Å². The van der Waals surface area contributed by atoms with E-state index in [1.807, 2.05) is 109 Å². The molecule has 0 saturated carbocycles. The second-order valence-electron chi connectivity index (χ2n) is 21.9. The summed E-state index contributed by atoms with van der Waals surface area (Å²) < 4.78 is 0. The van der Waals surface area contributed by atoms with Crippen LogP contribution >= 0.6 is 0 Å². The summed E-state index contributed by atoms with van der Waals surface area (Å²) >= 11 is 0. The predicted molar refractivity (Wildman–Crippen MR) is 342 cm³/mol. The van der Waals surface area contributed by atoms with E-state index >= 15 is 19.2 Å². The zero-order chi connectivity index (χ0) is 63.1. The predicted octanol–water partition coefficient (Wildman–Crippen LogP) is 0.214.